The average Bonchev–Trinajstić information content (AvgIpc) is 2.80. The number of benzene rings is 1. The zero-order valence-corrected chi connectivity index (χ0v) is 17.6. The van der Waals surface area contributed by atoms with Crippen molar-refractivity contribution < 1.29 is 9.53 Å². The summed E-state index contributed by atoms with van der Waals surface area (Å²) in [6, 6.07) is 9.89. The van der Waals surface area contributed by atoms with Gasteiger partial charge in [0.15, 0.2) is 0 Å². The van der Waals surface area contributed by atoms with Crippen LogP contribution < -0.4 is 21.3 Å². The van der Waals surface area contributed by atoms with E-state index in [0.717, 1.165) is 48.8 Å². The predicted molar refractivity (Wildman–Crippen MR) is 123 cm³/mol. The van der Waals surface area contributed by atoms with Gasteiger partial charge in [0.1, 0.15) is 5.82 Å². The van der Waals surface area contributed by atoms with Crippen molar-refractivity contribution in [1.29, 1.82) is 0 Å². The number of amides is 1. The van der Waals surface area contributed by atoms with Gasteiger partial charge in [-0.05, 0) is 48.9 Å². The Hall–Kier alpha value is -3.98. The summed E-state index contributed by atoms with van der Waals surface area (Å²) in [7, 11) is 0. The molecule has 3 N–H and O–H groups in total. The molecule has 9 heteroatoms. The van der Waals surface area contributed by atoms with Gasteiger partial charge in [-0.2, -0.15) is 0 Å². The van der Waals surface area contributed by atoms with E-state index in [9.17, 15) is 4.79 Å². The van der Waals surface area contributed by atoms with E-state index in [-0.39, 0.29) is 11.9 Å². The van der Waals surface area contributed by atoms with Crippen LogP contribution in [0.1, 0.15) is 21.6 Å². The number of hydrogen-bond donors (Lipinski definition) is 2. The Morgan fingerprint density at radius 2 is 1.91 bits per heavy atom. The molecule has 1 saturated heterocycles. The summed E-state index contributed by atoms with van der Waals surface area (Å²) in [4.78, 5) is 27.9. The topological polar surface area (TPSA) is 120 Å². The third kappa shape index (κ3) is 3.85. The van der Waals surface area contributed by atoms with Gasteiger partial charge >= 0.3 is 0 Å². The van der Waals surface area contributed by atoms with E-state index in [0.29, 0.717) is 22.8 Å². The number of aryl methyl sites for hydroxylation is 1. The van der Waals surface area contributed by atoms with E-state index in [1.165, 1.54) is 6.20 Å². The number of carbonyl (C=O) groups is 1. The molecule has 1 fully saturated rings. The lowest BCUT2D eigenvalue weighted by atomic mass is 10.0. The van der Waals surface area contributed by atoms with Crippen molar-refractivity contribution in [2.24, 2.45) is 0 Å². The van der Waals surface area contributed by atoms with Gasteiger partial charge in [-0.1, -0.05) is 0 Å². The predicted octanol–water partition coefficient (Wildman–Crippen LogP) is 2.74. The number of nitrogens with zero attached hydrogens (tertiary/aromatic N) is 5. The molecular weight excluding hydrogens is 406 g/mol. The van der Waals surface area contributed by atoms with Gasteiger partial charge in [-0.15, -0.1) is 0 Å². The zero-order chi connectivity index (χ0) is 22.1. The van der Waals surface area contributed by atoms with Crippen molar-refractivity contribution >= 4 is 35.1 Å². The van der Waals surface area contributed by atoms with E-state index in [1.54, 1.807) is 12.3 Å². The Labute approximate surface area is 185 Å². The Bertz CT molecular complexity index is 1200. The molecule has 1 radical (unpaired) electrons. The number of fused-ring (bicyclic) bond motifs is 1. The van der Waals surface area contributed by atoms with Gasteiger partial charge in [-0.25, -0.2) is 20.3 Å². The van der Waals surface area contributed by atoms with E-state index < -0.39 is 0 Å². The number of hydrogen-bond acceptors (Lipinski definition) is 8. The molecule has 161 valence electrons. The van der Waals surface area contributed by atoms with Crippen molar-refractivity contribution in [3.8, 4) is 11.3 Å². The lowest BCUT2D eigenvalue weighted by Gasteiger charge is -2.29. The third-order valence-electron chi connectivity index (χ3n) is 5.49. The SMILES string of the molecule is Cc1nc(N)ncc1-c1cc2c(c(Nc3ccc(N4CCOCC4)cc3)n1)C(=O)[N]C=C2. The minimum absolute atomic E-state index is 0.205. The first-order valence-corrected chi connectivity index (χ1v) is 10.3. The molecule has 9 nitrogen and oxygen atoms in total. The van der Waals surface area contributed by atoms with E-state index in [4.69, 9.17) is 15.5 Å². The van der Waals surface area contributed by atoms with Crippen LogP contribution in [0.25, 0.3) is 17.3 Å². The minimum atomic E-state index is -0.334. The fourth-order valence-electron chi connectivity index (χ4n) is 3.85. The second-order valence-corrected chi connectivity index (χ2v) is 7.57. The van der Waals surface area contributed by atoms with Crippen LogP contribution in [-0.4, -0.2) is 47.2 Å². The number of nitrogen functional groups attached to an aromatic ring is 1. The number of carbonyl (C=O) groups excluding carboxylic acids is 1. The van der Waals surface area contributed by atoms with Crippen LogP contribution >= 0.6 is 0 Å². The number of pyridine rings is 1. The van der Waals surface area contributed by atoms with Crippen LogP contribution in [0.4, 0.5) is 23.1 Å². The molecule has 0 unspecified atom stereocenters. The van der Waals surface area contributed by atoms with Crippen LogP contribution in [0.15, 0.2) is 42.7 Å². The molecule has 32 heavy (non-hydrogen) atoms. The Balaban J connectivity index is 1.51. The molecule has 3 aromatic rings. The highest BCUT2D eigenvalue weighted by Crippen LogP contribution is 2.31. The molecular formula is C23H22N7O2. The normalized spacial score (nSPS) is 15.3. The fourth-order valence-corrected chi connectivity index (χ4v) is 3.85. The second-order valence-electron chi connectivity index (χ2n) is 7.57. The number of nitrogens with two attached hydrogens (primary N) is 1. The molecule has 0 spiro atoms. The minimum Gasteiger partial charge on any atom is -0.378 e. The summed E-state index contributed by atoms with van der Waals surface area (Å²) < 4.78 is 5.42. The van der Waals surface area contributed by atoms with Crippen LogP contribution in [-0.2, 0) is 4.74 Å². The van der Waals surface area contributed by atoms with Gasteiger partial charge in [0.2, 0.25) is 5.95 Å². The van der Waals surface area contributed by atoms with E-state index in [2.05, 4.69) is 25.5 Å². The van der Waals surface area contributed by atoms with Crippen molar-refractivity contribution in [2.45, 2.75) is 6.92 Å². The molecule has 0 atom stereocenters. The Kier molecular flexibility index (Phi) is 5.16. The second kappa shape index (κ2) is 8.27. The molecule has 2 aliphatic rings. The summed E-state index contributed by atoms with van der Waals surface area (Å²) in [6.07, 6.45) is 4.94. The Morgan fingerprint density at radius 1 is 1.12 bits per heavy atom. The first kappa shape index (κ1) is 20.0. The summed E-state index contributed by atoms with van der Waals surface area (Å²) in [5.41, 5.74) is 10.9. The lowest BCUT2D eigenvalue weighted by Crippen LogP contribution is -2.36. The van der Waals surface area contributed by atoms with Gasteiger partial charge in [-0.3, -0.25) is 4.79 Å². The molecule has 0 saturated carbocycles. The number of rotatable bonds is 4. The zero-order valence-electron chi connectivity index (χ0n) is 17.6. The average molecular weight is 428 g/mol. The third-order valence-corrected chi connectivity index (χ3v) is 5.49. The molecule has 1 amide bonds. The molecule has 2 aromatic heterocycles. The molecule has 1 aromatic carbocycles. The highest BCUT2D eigenvalue weighted by Gasteiger charge is 2.23. The van der Waals surface area contributed by atoms with Gasteiger partial charge in [0, 0.05) is 42.4 Å². The maximum absolute atomic E-state index is 12.6. The summed E-state index contributed by atoms with van der Waals surface area (Å²) in [5, 5.41) is 7.22. The van der Waals surface area contributed by atoms with Crippen LogP contribution in [0.3, 0.4) is 0 Å². The highest BCUT2D eigenvalue weighted by molar-refractivity contribution is 6.05. The molecule has 0 bridgehead atoms. The van der Waals surface area contributed by atoms with Crippen LogP contribution in [0.5, 0.6) is 0 Å². The maximum atomic E-state index is 12.6. The quantitative estimate of drug-likeness (QED) is 0.651. The number of aromatic nitrogens is 3. The van der Waals surface area contributed by atoms with Crippen LogP contribution in [0, 0.1) is 6.92 Å². The number of anilines is 4. The molecule has 4 heterocycles. The maximum Gasteiger partial charge on any atom is 0.281 e. The van der Waals surface area contributed by atoms with Gasteiger partial charge in [0.05, 0.1) is 30.2 Å². The molecule has 0 aliphatic carbocycles. The van der Waals surface area contributed by atoms with Gasteiger partial charge in [0.25, 0.3) is 5.91 Å². The van der Waals surface area contributed by atoms with Crippen molar-refractivity contribution in [1.82, 2.24) is 20.3 Å². The van der Waals surface area contributed by atoms with E-state index in [1.807, 2.05) is 37.3 Å². The van der Waals surface area contributed by atoms with Crippen molar-refractivity contribution in [3.05, 3.63) is 59.5 Å². The smallest absolute Gasteiger partial charge is 0.281 e. The number of nitrogens with one attached hydrogen (secondary N) is 1. The first-order chi connectivity index (χ1) is 15.6. The fraction of sp³-hybridized carbons (Fsp3) is 0.217. The van der Waals surface area contributed by atoms with E-state index >= 15 is 0 Å². The number of ether oxygens (including phenoxy) is 1. The molecule has 5 rings (SSSR count). The summed E-state index contributed by atoms with van der Waals surface area (Å²) in [5.74, 6) is 0.307. The van der Waals surface area contributed by atoms with Gasteiger partial charge < -0.3 is 20.7 Å². The highest BCUT2D eigenvalue weighted by atomic mass is 16.5. The Morgan fingerprint density at radius 3 is 2.66 bits per heavy atom. The molecule has 2 aliphatic heterocycles. The van der Waals surface area contributed by atoms with Crippen molar-refractivity contribution in [3.63, 3.8) is 0 Å². The lowest BCUT2D eigenvalue weighted by molar-refractivity contribution is 0.0965. The van der Waals surface area contributed by atoms with Crippen molar-refractivity contribution in [2.75, 3.05) is 42.3 Å². The monoisotopic (exact) mass is 428 g/mol. The summed E-state index contributed by atoms with van der Waals surface area (Å²) in [6.45, 7) is 5.05. The van der Waals surface area contributed by atoms with Crippen LogP contribution in [0.2, 0.25) is 0 Å². The summed E-state index contributed by atoms with van der Waals surface area (Å²) >= 11 is 0. The standard InChI is InChI=1S/C23H22N7O2/c1-14-18(13-26-23(24)27-14)19-12-15-6-7-25-22(31)20(15)21(29-19)28-16-2-4-17(5-3-16)30-8-10-32-11-9-30/h2-7,12-13H,8-11H2,1H3,(H,28,29)(H2,24,26,27). The number of morpholine rings is 1. The largest absolute Gasteiger partial charge is 0.378 e. The first-order valence-electron chi connectivity index (χ1n) is 10.3.